The van der Waals surface area contributed by atoms with E-state index in [9.17, 15) is 0 Å². The molecular weight excluding hydrogens is 175 g/mol. The second-order valence-corrected chi connectivity index (χ2v) is 1.80. The standard InChI is InChI=1S/Co.Mg.H4O4Si.2H/c;;1-5(2,3)4;;/h;;1-4H;;. The number of hydrogen-bond donors (Lipinski definition) is 4. The summed E-state index contributed by atoms with van der Waals surface area (Å²) in [6, 6.07) is 0. The fourth-order valence-electron chi connectivity index (χ4n) is 0. The fourth-order valence-corrected chi connectivity index (χ4v) is 0. The molecule has 4 nitrogen and oxygen atoms in total. The molecule has 0 saturated heterocycles. The van der Waals surface area contributed by atoms with Crippen LogP contribution in [0.2, 0.25) is 0 Å². The van der Waals surface area contributed by atoms with Crippen molar-refractivity contribution in [1.29, 1.82) is 0 Å². The smallest absolute Gasteiger partial charge is 0.368 e. The van der Waals surface area contributed by atoms with E-state index in [1.807, 2.05) is 0 Å². The maximum Gasteiger partial charge on any atom is 0.668 e. The normalized spacial score (nSPS) is 8.57. The van der Waals surface area contributed by atoms with Crippen molar-refractivity contribution in [3.8, 4) is 0 Å². The topological polar surface area (TPSA) is 80.9 Å². The summed E-state index contributed by atoms with van der Waals surface area (Å²) in [5, 5.41) is 0. The van der Waals surface area contributed by atoms with Crippen LogP contribution >= 0.6 is 0 Å². The van der Waals surface area contributed by atoms with Crippen LogP contribution in [-0.2, 0) is 16.8 Å². The SMILES string of the molecule is O[Si](O)(O)O.[Co].[MgH2]. The van der Waals surface area contributed by atoms with E-state index in [1.54, 1.807) is 0 Å². The van der Waals surface area contributed by atoms with Crippen LogP contribution < -0.4 is 0 Å². The van der Waals surface area contributed by atoms with Gasteiger partial charge in [-0.2, -0.15) is 0 Å². The van der Waals surface area contributed by atoms with E-state index in [0.717, 1.165) is 0 Å². The van der Waals surface area contributed by atoms with Gasteiger partial charge in [0.15, 0.2) is 0 Å². The maximum atomic E-state index is 7.33. The van der Waals surface area contributed by atoms with Gasteiger partial charge in [0.1, 0.15) is 0 Å². The summed E-state index contributed by atoms with van der Waals surface area (Å²) in [6.45, 7) is 0. The van der Waals surface area contributed by atoms with Crippen molar-refractivity contribution in [1.82, 2.24) is 0 Å². The zero-order valence-corrected chi connectivity index (χ0v) is 4.66. The van der Waals surface area contributed by atoms with Gasteiger partial charge in [-0.05, 0) is 0 Å². The summed E-state index contributed by atoms with van der Waals surface area (Å²) in [6.07, 6.45) is 0. The van der Waals surface area contributed by atoms with E-state index in [4.69, 9.17) is 19.2 Å². The largest absolute Gasteiger partial charge is 0.668 e. The summed E-state index contributed by atoms with van der Waals surface area (Å²) < 4.78 is 0. The van der Waals surface area contributed by atoms with Crippen LogP contribution in [0.4, 0.5) is 0 Å². The van der Waals surface area contributed by atoms with Crippen LogP contribution in [-0.4, -0.2) is 51.3 Å². The van der Waals surface area contributed by atoms with Gasteiger partial charge in [-0.15, -0.1) is 0 Å². The van der Waals surface area contributed by atoms with Gasteiger partial charge in [0.2, 0.25) is 0 Å². The monoisotopic (exact) mass is 181 g/mol. The molecule has 0 amide bonds. The molecule has 0 saturated carbocycles. The summed E-state index contributed by atoms with van der Waals surface area (Å²) in [4.78, 5) is 29.3. The van der Waals surface area contributed by atoms with Crippen LogP contribution in [0.15, 0.2) is 0 Å². The molecule has 0 fully saturated rings. The van der Waals surface area contributed by atoms with E-state index in [1.165, 1.54) is 0 Å². The Kier molecular flexibility index (Phi) is 12.3. The second-order valence-electron chi connectivity index (χ2n) is 0.600. The second kappa shape index (κ2) is 5.47. The van der Waals surface area contributed by atoms with E-state index in [2.05, 4.69) is 0 Å². The van der Waals surface area contributed by atoms with Gasteiger partial charge in [-0.3, -0.25) is 0 Å². The minimum absolute atomic E-state index is 0. The van der Waals surface area contributed by atoms with Crippen LogP contribution in [0.3, 0.4) is 0 Å². The molecular formula is H6CoMgO4Si. The van der Waals surface area contributed by atoms with Crippen molar-refractivity contribution in [2.75, 3.05) is 0 Å². The molecule has 0 spiro atoms. The zero-order chi connectivity index (χ0) is 4.50. The van der Waals surface area contributed by atoms with Crippen LogP contribution in [0.25, 0.3) is 0 Å². The van der Waals surface area contributed by atoms with Crippen molar-refractivity contribution in [3.05, 3.63) is 0 Å². The van der Waals surface area contributed by atoms with E-state index >= 15 is 0 Å². The Morgan fingerprint density at radius 2 is 0.857 bits per heavy atom. The molecule has 0 heterocycles. The molecule has 0 aliphatic heterocycles. The first-order valence-electron chi connectivity index (χ1n) is 0.894. The molecule has 0 bridgehead atoms. The van der Waals surface area contributed by atoms with Gasteiger partial charge in [0.25, 0.3) is 0 Å². The van der Waals surface area contributed by atoms with Crippen molar-refractivity contribution < 1.29 is 36.0 Å². The van der Waals surface area contributed by atoms with Crippen molar-refractivity contribution in [2.45, 2.75) is 0 Å². The average molecular weight is 181 g/mol. The molecule has 1 radical (unpaired) electrons. The van der Waals surface area contributed by atoms with Crippen molar-refractivity contribution >= 4 is 32.1 Å². The first-order valence-corrected chi connectivity index (χ1v) is 2.68. The molecule has 0 rings (SSSR count). The molecule has 0 aromatic rings. The Morgan fingerprint density at radius 3 is 0.857 bits per heavy atom. The van der Waals surface area contributed by atoms with Gasteiger partial charge in [-0.1, -0.05) is 0 Å². The third kappa shape index (κ3) is 118. The van der Waals surface area contributed by atoms with Gasteiger partial charge < -0.3 is 19.2 Å². The summed E-state index contributed by atoms with van der Waals surface area (Å²) in [5.74, 6) is 0. The first kappa shape index (κ1) is 15.8. The Labute approximate surface area is 68.0 Å². The third-order valence-corrected chi connectivity index (χ3v) is 0. The van der Waals surface area contributed by atoms with Gasteiger partial charge in [0, 0.05) is 16.8 Å². The minimum Gasteiger partial charge on any atom is -0.368 e. The van der Waals surface area contributed by atoms with E-state index < -0.39 is 9.05 Å². The van der Waals surface area contributed by atoms with Gasteiger partial charge in [0.05, 0.1) is 0 Å². The molecule has 0 unspecified atom stereocenters. The Bertz CT molecular complexity index is 27.2. The predicted molar refractivity (Wildman–Crippen MR) is 23.2 cm³/mol. The van der Waals surface area contributed by atoms with Crippen molar-refractivity contribution in [3.63, 3.8) is 0 Å². The molecule has 0 aromatic heterocycles. The van der Waals surface area contributed by atoms with E-state index in [0.29, 0.717) is 0 Å². The van der Waals surface area contributed by atoms with Crippen LogP contribution in [0, 0.1) is 0 Å². The molecule has 45 valence electrons. The molecule has 7 heteroatoms. The first-order chi connectivity index (χ1) is 2.00. The molecule has 0 aromatic carbocycles. The summed E-state index contributed by atoms with van der Waals surface area (Å²) in [5.41, 5.74) is 0. The average Bonchev–Trinajstić information content (AvgIpc) is 0.722. The fraction of sp³-hybridized carbons (Fsp3) is 0. The maximum absolute atomic E-state index is 7.33. The Hall–Kier alpha value is 1.33. The van der Waals surface area contributed by atoms with Crippen LogP contribution in [0.1, 0.15) is 0 Å². The third-order valence-electron chi connectivity index (χ3n) is 0. The Morgan fingerprint density at radius 1 is 0.857 bits per heavy atom. The minimum atomic E-state index is -4.61. The molecule has 7 heavy (non-hydrogen) atoms. The quantitative estimate of drug-likeness (QED) is 0.292. The number of rotatable bonds is 0. The predicted octanol–water partition coefficient (Wildman–Crippen LogP) is -3.53. The van der Waals surface area contributed by atoms with Gasteiger partial charge in [-0.25, -0.2) is 0 Å². The molecule has 0 atom stereocenters. The number of hydrogen-bond acceptors (Lipinski definition) is 4. The summed E-state index contributed by atoms with van der Waals surface area (Å²) >= 11 is 0. The van der Waals surface area contributed by atoms with E-state index in [-0.39, 0.29) is 39.8 Å². The van der Waals surface area contributed by atoms with Gasteiger partial charge >= 0.3 is 32.1 Å². The molecule has 0 aliphatic carbocycles. The Balaban J connectivity index is -0.0000000800. The van der Waals surface area contributed by atoms with Crippen LogP contribution in [0.5, 0.6) is 0 Å². The molecule has 0 aliphatic rings. The molecule has 4 N–H and O–H groups in total. The summed E-state index contributed by atoms with van der Waals surface area (Å²) in [7, 11) is -4.61. The zero-order valence-electron chi connectivity index (χ0n) is 2.62. The van der Waals surface area contributed by atoms with Crippen molar-refractivity contribution in [2.24, 2.45) is 0 Å².